The van der Waals surface area contributed by atoms with Crippen molar-refractivity contribution in [2.75, 3.05) is 50.7 Å². The molecule has 1 aliphatic heterocycles. The minimum Gasteiger partial charge on any atom is -0.338 e. The summed E-state index contributed by atoms with van der Waals surface area (Å²) in [6.45, 7) is 7.80. The number of aromatic nitrogens is 2. The van der Waals surface area contributed by atoms with Crippen molar-refractivity contribution in [1.82, 2.24) is 20.2 Å². The van der Waals surface area contributed by atoms with Crippen molar-refractivity contribution in [2.45, 2.75) is 12.8 Å². The van der Waals surface area contributed by atoms with Crippen LogP contribution in [0.5, 0.6) is 0 Å². The lowest BCUT2D eigenvalue weighted by molar-refractivity contribution is 0.256. The Hall–Kier alpha value is -1.20. The average molecular weight is 261 g/mol. The molecule has 1 saturated heterocycles. The molecular weight excluding hydrogens is 238 g/mol. The molecule has 19 heavy (non-hydrogen) atoms. The Bertz CT molecular complexity index is 371. The highest BCUT2D eigenvalue weighted by Crippen LogP contribution is 2.27. The van der Waals surface area contributed by atoms with Gasteiger partial charge in [0.15, 0.2) is 0 Å². The maximum atomic E-state index is 4.31. The highest BCUT2D eigenvalue weighted by Gasteiger charge is 2.21. The Kier molecular flexibility index (Phi) is 4.25. The quantitative estimate of drug-likeness (QED) is 0.760. The highest BCUT2D eigenvalue weighted by atomic mass is 15.3. The normalized spacial score (nSPS) is 20.7. The zero-order valence-electron chi connectivity index (χ0n) is 11.5. The summed E-state index contributed by atoms with van der Waals surface area (Å²) in [5, 5.41) is 3.56. The Balaban J connectivity index is 1.34. The topological polar surface area (TPSA) is 44.3 Å². The van der Waals surface area contributed by atoms with E-state index in [0.29, 0.717) is 0 Å². The van der Waals surface area contributed by atoms with Crippen molar-refractivity contribution in [1.29, 1.82) is 0 Å². The number of nitrogens with zero attached hydrogens (tertiary/aromatic N) is 4. The molecule has 2 fully saturated rings. The lowest BCUT2D eigenvalue weighted by atomic mass is 10.3. The summed E-state index contributed by atoms with van der Waals surface area (Å²) in [4.78, 5) is 13.4. The smallest absolute Gasteiger partial charge is 0.225 e. The summed E-state index contributed by atoms with van der Waals surface area (Å²) < 4.78 is 0. The van der Waals surface area contributed by atoms with Gasteiger partial charge in [-0.05, 0) is 31.4 Å². The molecule has 1 aliphatic carbocycles. The van der Waals surface area contributed by atoms with Crippen LogP contribution in [0.3, 0.4) is 0 Å². The van der Waals surface area contributed by atoms with Gasteiger partial charge in [-0.15, -0.1) is 0 Å². The molecule has 0 atom stereocenters. The van der Waals surface area contributed by atoms with Crippen LogP contribution >= 0.6 is 0 Å². The van der Waals surface area contributed by atoms with Gasteiger partial charge in [-0.3, -0.25) is 4.90 Å². The number of nitrogens with one attached hydrogen (secondary N) is 1. The van der Waals surface area contributed by atoms with E-state index in [0.717, 1.165) is 51.1 Å². The molecule has 0 bridgehead atoms. The molecule has 3 rings (SSSR count). The Morgan fingerprint density at radius 2 is 1.84 bits per heavy atom. The Morgan fingerprint density at radius 1 is 1.11 bits per heavy atom. The van der Waals surface area contributed by atoms with E-state index in [1.54, 1.807) is 0 Å². The standard InChI is InChI=1S/C14H23N5/c1-4-16-14(17-5-1)19-10-8-18(9-11-19)7-6-15-12-13-2-3-13/h1,4-5,13,15H,2-3,6-12H2. The summed E-state index contributed by atoms with van der Waals surface area (Å²) >= 11 is 0. The molecule has 0 amide bonds. The number of anilines is 1. The molecular formula is C14H23N5. The summed E-state index contributed by atoms with van der Waals surface area (Å²) in [5.41, 5.74) is 0. The van der Waals surface area contributed by atoms with Crippen molar-refractivity contribution >= 4 is 5.95 Å². The first-order chi connectivity index (χ1) is 9.42. The largest absolute Gasteiger partial charge is 0.338 e. The fourth-order valence-corrected chi connectivity index (χ4v) is 2.49. The third kappa shape index (κ3) is 3.88. The number of hydrogen-bond donors (Lipinski definition) is 1. The molecule has 0 spiro atoms. The molecule has 2 heterocycles. The van der Waals surface area contributed by atoms with Crippen LogP contribution in [0.4, 0.5) is 5.95 Å². The van der Waals surface area contributed by atoms with E-state index in [9.17, 15) is 0 Å². The van der Waals surface area contributed by atoms with E-state index in [4.69, 9.17) is 0 Å². The molecule has 1 saturated carbocycles. The van der Waals surface area contributed by atoms with Gasteiger partial charge in [-0.2, -0.15) is 0 Å². The molecule has 0 unspecified atom stereocenters. The molecule has 2 aliphatic rings. The summed E-state index contributed by atoms with van der Waals surface area (Å²) in [7, 11) is 0. The predicted octanol–water partition coefficient (Wildman–Crippen LogP) is 0.598. The van der Waals surface area contributed by atoms with Crippen LogP contribution in [-0.2, 0) is 0 Å². The maximum absolute atomic E-state index is 4.31. The summed E-state index contributed by atoms with van der Waals surface area (Å²) in [5.74, 6) is 1.85. The molecule has 5 nitrogen and oxygen atoms in total. The Morgan fingerprint density at radius 3 is 2.53 bits per heavy atom. The zero-order valence-corrected chi connectivity index (χ0v) is 11.5. The lowest BCUT2D eigenvalue weighted by Crippen LogP contribution is -2.48. The van der Waals surface area contributed by atoms with Crippen LogP contribution < -0.4 is 10.2 Å². The van der Waals surface area contributed by atoms with Gasteiger partial charge in [0.2, 0.25) is 5.95 Å². The van der Waals surface area contributed by atoms with Crippen molar-refractivity contribution < 1.29 is 0 Å². The van der Waals surface area contributed by atoms with Crippen LogP contribution in [0.15, 0.2) is 18.5 Å². The molecule has 104 valence electrons. The minimum absolute atomic E-state index is 0.869. The predicted molar refractivity (Wildman–Crippen MR) is 76.3 cm³/mol. The maximum Gasteiger partial charge on any atom is 0.225 e. The summed E-state index contributed by atoms with van der Waals surface area (Å²) in [6, 6.07) is 1.87. The van der Waals surface area contributed by atoms with Gasteiger partial charge >= 0.3 is 0 Å². The van der Waals surface area contributed by atoms with Crippen molar-refractivity contribution in [3.63, 3.8) is 0 Å². The van der Waals surface area contributed by atoms with Gasteiger partial charge in [0.25, 0.3) is 0 Å². The zero-order chi connectivity index (χ0) is 12.9. The molecule has 1 N–H and O–H groups in total. The second-order valence-corrected chi connectivity index (χ2v) is 5.52. The van der Waals surface area contributed by atoms with E-state index < -0.39 is 0 Å². The number of rotatable bonds is 6. The van der Waals surface area contributed by atoms with Crippen molar-refractivity contribution in [3.8, 4) is 0 Å². The molecule has 0 radical (unpaired) electrons. The Labute approximate surface area is 115 Å². The van der Waals surface area contributed by atoms with Gasteiger partial charge in [0.1, 0.15) is 0 Å². The molecule has 1 aromatic rings. The highest BCUT2D eigenvalue weighted by molar-refractivity contribution is 5.29. The van der Waals surface area contributed by atoms with Crippen LogP contribution in [0.25, 0.3) is 0 Å². The van der Waals surface area contributed by atoms with Crippen molar-refractivity contribution in [3.05, 3.63) is 18.5 Å². The van der Waals surface area contributed by atoms with E-state index in [1.165, 1.54) is 19.4 Å². The first kappa shape index (κ1) is 12.8. The lowest BCUT2D eigenvalue weighted by Gasteiger charge is -2.34. The van der Waals surface area contributed by atoms with Gasteiger partial charge in [0, 0.05) is 51.7 Å². The molecule has 5 heteroatoms. The fraction of sp³-hybridized carbons (Fsp3) is 0.714. The number of hydrogen-bond acceptors (Lipinski definition) is 5. The molecule has 1 aromatic heterocycles. The van der Waals surface area contributed by atoms with E-state index in [1.807, 2.05) is 18.5 Å². The van der Waals surface area contributed by atoms with Crippen LogP contribution in [0, 0.1) is 5.92 Å². The van der Waals surface area contributed by atoms with Crippen molar-refractivity contribution in [2.24, 2.45) is 5.92 Å². The van der Waals surface area contributed by atoms with Gasteiger partial charge in [0.05, 0.1) is 0 Å². The monoisotopic (exact) mass is 261 g/mol. The van der Waals surface area contributed by atoms with Gasteiger partial charge in [-0.1, -0.05) is 0 Å². The first-order valence-electron chi connectivity index (χ1n) is 7.37. The average Bonchev–Trinajstić information content (AvgIpc) is 3.29. The van der Waals surface area contributed by atoms with Gasteiger partial charge < -0.3 is 10.2 Å². The van der Waals surface area contributed by atoms with E-state index in [2.05, 4.69) is 25.1 Å². The third-order valence-corrected chi connectivity index (χ3v) is 3.94. The third-order valence-electron chi connectivity index (χ3n) is 3.94. The minimum atomic E-state index is 0.869. The van der Waals surface area contributed by atoms with Gasteiger partial charge in [-0.25, -0.2) is 9.97 Å². The second kappa shape index (κ2) is 6.30. The van der Waals surface area contributed by atoms with Crippen LogP contribution in [0.1, 0.15) is 12.8 Å². The van der Waals surface area contributed by atoms with E-state index >= 15 is 0 Å². The SMILES string of the molecule is c1cnc(N2CCN(CCNCC3CC3)CC2)nc1. The first-order valence-corrected chi connectivity index (χ1v) is 7.37. The summed E-state index contributed by atoms with van der Waals surface area (Å²) in [6.07, 6.45) is 6.50. The second-order valence-electron chi connectivity index (χ2n) is 5.52. The van der Waals surface area contributed by atoms with Crippen LogP contribution in [0.2, 0.25) is 0 Å². The van der Waals surface area contributed by atoms with E-state index in [-0.39, 0.29) is 0 Å². The number of piperazine rings is 1. The fourth-order valence-electron chi connectivity index (χ4n) is 2.49. The van der Waals surface area contributed by atoms with Crippen LogP contribution in [-0.4, -0.2) is 60.7 Å². The molecule has 0 aromatic carbocycles.